The van der Waals surface area contributed by atoms with Crippen LogP contribution in [0.25, 0.3) is 16.9 Å². The molecule has 44 heavy (non-hydrogen) atoms. The predicted molar refractivity (Wildman–Crippen MR) is 159 cm³/mol. The summed E-state index contributed by atoms with van der Waals surface area (Å²) in [5, 5.41) is 55.3. The molecule has 3 aliphatic carbocycles. The van der Waals surface area contributed by atoms with E-state index in [9.17, 15) is 44.7 Å². The van der Waals surface area contributed by atoms with Crippen LogP contribution in [0.5, 0.6) is 5.75 Å². The molecule has 1 unspecified atom stereocenters. The first-order chi connectivity index (χ1) is 20.5. The number of carboxylic acid groups (broad SMARTS) is 1. The number of fused-ring (bicyclic) bond motifs is 3. The Morgan fingerprint density at radius 3 is 2.18 bits per heavy atom. The summed E-state index contributed by atoms with van der Waals surface area (Å²) in [4.78, 5) is 54.1. The van der Waals surface area contributed by atoms with Crippen LogP contribution in [-0.4, -0.2) is 93.7 Å². The van der Waals surface area contributed by atoms with Gasteiger partial charge in [0, 0.05) is 36.8 Å². The number of primary amides is 1. The average Bonchev–Trinajstić information content (AvgIpc) is 2.94. The van der Waals surface area contributed by atoms with Gasteiger partial charge in [-0.1, -0.05) is 24.3 Å². The van der Waals surface area contributed by atoms with Gasteiger partial charge in [0.1, 0.15) is 28.9 Å². The second kappa shape index (κ2) is 10.5. The van der Waals surface area contributed by atoms with E-state index in [-0.39, 0.29) is 35.3 Å². The van der Waals surface area contributed by atoms with Crippen LogP contribution in [0.1, 0.15) is 29.2 Å². The van der Waals surface area contributed by atoms with Gasteiger partial charge in [0.25, 0.3) is 5.91 Å². The average molecular weight is 607 g/mol. The number of aliphatic carboxylic acids is 1. The number of carbonyl (C=O) groups excluding carboxylic acids is 3. The fraction of sp³-hybridized carbons (Fsp3) is 0.355. The normalized spacial score (nSPS) is 25.4. The van der Waals surface area contributed by atoms with Gasteiger partial charge in [-0.2, -0.15) is 0 Å². The molecule has 2 aromatic rings. The van der Waals surface area contributed by atoms with Crippen molar-refractivity contribution in [2.45, 2.75) is 30.5 Å². The Bertz CT molecular complexity index is 1690. The lowest BCUT2D eigenvalue weighted by Crippen LogP contribution is -2.65. The van der Waals surface area contributed by atoms with Crippen LogP contribution in [0.4, 0.5) is 5.69 Å². The largest absolute Gasteiger partial charge is 0.508 e. The van der Waals surface area contributed by atoms with Crippen molar-refractivity contribution < 1.29 is 44.7 Å². The molecule has 13 heteroatoms. The van der Waals surface area contributed by atoms with Crippen molar-refractivity contribution in [3.8, 4) is 16.9 Å². The van der Waals surface area contributed by atoms with Crippen LogP contribution in [0.15, 0.2) is 47.2 Å². The molecule has 2 aromatic carbocycles. The molecule has 1 fully saturated rings. The number of likely N-dealkylation sites (N-methyl/N-ethyl adjacent to an activating group) is 1. The number of phenolic OH excluding ortho intramolecular Hbond substituents is 1. The van der Waals surface area contributed by atoms with E-state index in [1.807, 2.05) is 0 Å². The van der Waals surface area contributed by atoms with Gasteiger partial charge in [-0.15, -0.1) is 0 Å². The number of nitrogens with zero attached hydrogens (tertiary/aromatic N) is 2. The lowest BCUT2D eigenvalue weighted by atomic mass is 9.57. The zero-order chi connectivity index (χ0) is 32.6. The quantitative estimate of drug-likeness (QED) is 0.226. The molecule has 9 N–H and O–H groups in total. The van der Waals surface area contributed by atoms with Crippen molar-refractivity contribution in [1.29, 1.82) is 0 Å². The summed E-state index contributed by atoms with van der Waals surface area (Å²) in [5.41, 5.74) is 9.38. The Morgan fingerprint density at radius 2 is 1.66 bits per heavy atom. The van der Waals surface area contributed by atoms with E-state index >= 15 is 0 Å². The van der Waals surface area contributed by atoms with Gasteiger partial charge in [0.2, 0.25) is 5.78 Å². The number of amides is 1. The minimum atomic E-state index is -2.74. The molecular weight excluding hydrogens is 572 g/mol. The smallest absolute Gasteiger partial charge is 0.325 e. The Kier molecular flexibility index (Phi) is 7.31. The van der Waals surface area contributed by atoms with Crippen LogP contribution < -0.4 is 16.4 Å². The molecular formula is C31H34N4O9. The molecule has 0 radical (unpaired) electrons. The third kappa shape index (κ3) is 4.26. The lowest BCUT2D eigenvalue weighted by molar-refractivity contribution is -0.153. The van der Waals surface area contributed by atoms with E-state index in [0.29, 0.717) is 22.4 Å². The highest BCUT2D eigenvalue weighted by Gasteiger charge is 2.64. The zero-order valence-electron chi connectivity index (χ0n) is 24.5. The van der Waals surface area contributed by atoms with Crippen molar-refractivity contribution in [1.82, 2.24) is 4.90 Å². The number of rotatable bonds is 6. The SMILES string of the molecule is CN(C)c1cc(-c2ccc(C(N)C(=O)O)cc2)c(O)c2c1C[C@H]1C[C@H]3[C@H](N(C)C)C(=O)C(C(N)=O)=C(O)[C@@]3(O)C(=O)C1=C2O. The van der Waals surface area contributed by atoms with E-state index in [1.165, 1.54) is 17.0 Å². The van der Waals surface area contributed by atoms with E-state index < -0.39 is 70.1 Å². The number of ketones is 2. The number of phenols is 1. The first kappa shape index (κ1) is 30.7. The zero-order valence-corrected chi connectivity index (χ0v) is 24.5. The molecule has 232 valence electrons. The molecule has 0 spiro atoms. The maximum atomic E-state index is 14.1. The fourth-order valence-electron chi connectivity index (χ4n) is 6.92. The maximum Gasteiger partial charge on any atom is 0.325 e. The van der Waals surface area contributed by atoms with Gasteiger partial charge in [-0.05, 0) is 55.6 Å². The Hall–Kier alpha value is -4.72. The Labute approximate surface area is 252 Å². The molecule has 5 atom stereocenters. The number of nitrogens with two attached hydrogens (primary N) is 2. The Morgan fingerprint density at radius 1 is 1.05 bits per heavy atom. The molecule has 0 saturated heterocycles. The summed E-state index contributed by atoms with van der Waals surface area (Å²) < 4.78 is 0. The van der Waals surface area contributed by atoms with E-state index in [4.69, 9.17) is 11.5 Å². The van der Waals surface area contributed by atoms with Crippen molar-refractivity contribution in [2.75, 3.05) is 33.1 Å². The van der Waals surface area contributed by atoms with Crippen LogP contribution in [0, 0.1) is 11.8 Å². The number of anilines is 1. The Balaban J connectivity index is 1.72. The molecule has 0 aliphatic heterocycles. The van der Waals surface area contributed by atoms with Gasteiger partial charge in [0.05, 0.1) is 11.6 Å². The predicted octanol–water partition coefficient (Wildman–Crippen LogP) is 0.781. The van der Waals surface area contributed by atoms with Crippen LogP contribution in [0.2, 0.25) is 0 Å². The molecule has 1 amide bonds. The number of aliphatic hydroxyl groups excluding tert-OH is 2. The summed E-state index contributed by atoms with van der Waals surface area (Å²) in [6, 6.07) is 5.44. The highest BCUT2D eigenvalue weighted by molar-refractivity contribution is 6.24. The molecule has 13 nitrogen and oxygen atoms in total. The molecule has 0 bridgehead atoms. The molecule has 3 aliphatic rings. The van der Waals surface area contributed by atoms with Crippen molar-refractivity contribution in [3.05, 3.63) is 63.9 Å². The lowest BCUT2D eigenvalue weighted by Gasteiger charge is -2.50. The number of carboxylic acids is 1. The number of carbonyl (C=O) groups is 4. The molecule has 5 rings (SSSR count). The van der Waals surface area contributed by atoms with Gasteiger partial charge in [0.15, 0.2) is 11.4 Å². The van der Waals surface area contributed by atoms with Gasteiger partial charge >= 0.3 is 5.97 Å². The maximum absolute atomic E-state index is 14.1. The minimum absolute atomic E-state index is 0.0214. The number of hydrogen-bond acceptors (Lipinski definition) is 11. The van der Waals surface area contributed by atoms with Crippen molar-refractivity contribution in [3.63, 3.8) is 0 Å². The third-order valence-corrected chi connectivity index (χ3v) is 9.03. The molecule has 1 saturated carbocycles. The van der Waals surface area contributed by atoms with Gasteiger partial charge in [-0.25, -0.2) is 0 Å². The van der Waals surface area contributed by atoms with Crippen LogP contribution >= 0.6 is 0 Å². The number of benzene rings is 2. The first-order valence-electron chi connectivity index (χ1n) is 13.8. The summed E-state index contributed by atoms with van der Waals surface area (Å²) in [6.45, 7) is 0. The summed E-state index contributed by atoms with van der Waals surface area (Å²) in [5.74, 6) is -8.43. The number of aromatic hydroxyl groups is 1. The summed E-state index contributed by atoms with van der Waals surface area (Å²) >= 11 is 0. The standard InChI is InChI=1S/C31H34N4O9/c1-34(2)18-11-15(12-5-7-13(8-6-12)22(32)30(42)43)24(36)20-16(18)9-14-10-17-23(35(3)4)26(38)21(29(33)41)28(40)31(17,44)27(39)19(14)25(20)37/h5-8,11,14,17,22-23,36-37,40,44H,9-10,32H2,1-4H3,(H2,33,41)(H,42,43)/t14-,17-,22?,23-,31-/m0/s1. The fourth-order valence-corrected chi connectivity index (χ4v) is 6.92. The molecule has 0 aromatic heterocycles. The highest BCUT2D eigenvalue weighted by atomic mass is 16.4. The van der Waals surface area contributed by atoms with Gasteiger partial charge < -0.3 is 41.9 Å². The number of Topliss-reactive ketones (excluding diaryl/α,β-unsaturated/α-hetero) is 2. The monoisotopic (exact) mass is 606 g/mol. The summed E-state index contributed by atoms with van der Waals surface area (Å²) in [7, 11) is 6.61. The number of aliphatic hydroxyl groups is 3. The number of hydrogen-bond donors (Lipinski definition) is 7. The van der Waals surface area contributed by atoms with Crippen LogP contribution in [0.3, 0.4) is 0 Å². The highest BCUT2D eigenvalue weighted by Crippen LogP contribution is 2.54. The van der Waals surface area contributed by atoms with Crippen molar-refractivity contribution in [2.24, 2.45) is 23.3 Å². The van der Waals surface area contributed by atoms with Crippen LogP contribution in [-0.2, 0) is 25.6 Å². The topological polar surface area (TPSA) is 228 Å². The van der Waals surface area contributed by atoms with E-state index in [2.05, 4.69) is 0 Å². The molecule has 0 heterocycles. The third-order valence-electron chi connectivity index (χ3n) is 9.03. The van der Waals surface area contributed by atoms with Gasteiger partial charge in [-0.3, -0.25) is 24.1 Å². The second-order valence-corrected chi connectivity index (χ2v) is 11.9. The van der Waals surface area contributed by atoms with E-state index in [1.54, 1.807) is 51.3 Å². The van der Waals surface area contributed by atoms with Crippen molar-refractivity contribution >= 4 is 34.9 Å². The first-order valence-corrected chi connectivity index (χ1v) is 13.8. The second-order valence-electron chi connectivity index (χ2n) is 11.9. The minimum Gasteiger partial charge on any atom is -0.508 e. The van der Waals surface area contributed by atoms with E-state index in [0.717, 1.165) is 0 Å². The summed E-state index contributed by atoms with van der Waals surface area (Å²) in [6.07, 6.45) is 0.120.